The average Bonchev–Trinajstić information content (AvgIpc) is 3.57. The molecule has 1 fully saturated rings. The molecule has 0 aliphatic carbocycles. The standard InChI is InChI=1S/C23H26N4.C8H11N/c1-18(16-26-17-25-21-11-6-7-12-23(21)26)27-14-8-13-22(27)19(2)24-15-20-9-4-3-5-10-20;1-7(2)8-4-3-5-9-6-8/h3-7,9-12,17,22,24H,1-2,8,13-16H2;3-7H,1-2H3. The first kappa shape index (κ1) is 25.2. The molecule has 2 aromatic carbocycles. The van der Waals surface area contributed by atoms with Gasteiger partial charge in [0, 0.05) is 36.9 Å². The SMILES string of the molecule is C=C(NCc1ccccc1)C1CCCN1C(=C)Cn1cnc2ccccc21.CC(C)c1cccnc1. The summed E-state index contributed by atoms with van der Waals surface area (Å²) in [5, 5.41) is 3.52. The number of aromatic nitrogens is 3. The number of hydrogen-bond acceptors (Lipinski definition) is 4. The highest BCUT2D eigenvalue weighted by atomic mass is 15.2. The quantitative estimate of drug-likeness (QED) is 0.312. The first-order valence-electron chi connectivity index (χ1n) is 12.7. The summed E-state index contributed by atoms with van der Waals surface area (Å²) >= 11 is 0. The second-order valence-corrected chi connectivity index (χ2v) is 9.58. The average molecular weight is 480 g/mol. The zero-order chi connectivity index (χ0) is 25.3. The van der Waals surface area contributed by atoms with Crippen LogP contribution in [0.1, 0.15) is 43.7 Å². The maximum absolute atomic E-state index is 4.49. The number of benzene rings is 2. The number of para-hydroxylation sites is 2. The monoisotopic (exact) mass is 479 g/mol. The molecule has 1 atom stereocenters. The lowest BCUT2D eigenvalue weighted by Crippen LogP contribution is -2.35. The number of pyridine rings is 1. The normalized spacial score (nSPS) is 15.0. The Kier molecular flexibility index (Phi) is 8.56. The third kappa shape index (κ3) is 6.42. The van der Waals surface area contributed by atoms with Crippen LogP contribution in [0.4, 0.5) is 0 Å². The molecule has 4 aromatic rings. The molecule has 0 spiro atoms. The van der Waals surface area contributed by atoms with Crippen molar-refractivity contribution in [2.45, 2.75) is 51.7 Å². The van der Waals surface area contributed by atoms with Gasteiger partial charge in [0.05, 0.1) is 29.9 Å². The molecule has 1 aliphatic rings. The number of nitrogens with zero attached hydrogens (tertiary/aromatic N) is 4. The molecule has 3 heterocycles. The van der Waals surface area contributed by atoms with Crippen LogP contribution in [-0.4, -0.2) is 32.0 Å². The second-order valence-electron chi connectivity index (χ2n) is 9.58. The molecule has 5 rings (SSSR count). The van der Waals surface area contributed by atoms with Gasteiger partial charge in [-0.2, -0.15) is 0 Å². The molecule has 1 saturated heterocycles. The molecule has 0 radical (unpaired) electrons. The highest BCUT2D eigenvalue weighted by Gasteiger charge is 2.27. The molecule has 5 heteroatoms. The van der Waals surface area contributed by atoms with E-state index in [1.54, 1.807) is 6.20 Å². The highest BCUT2D eigenvalue weighted by Crippen LogP contribution is 2.27. The topological polar surface area (TPSA) is 46.0 Å². The van der Waals surface area contributed by atoms with Gasteiger partial charge in [0.1, 0.15) is 0 Å². The number of fused-ring (bicyclic) bond motifs is 1. The Hall–Kier alpha value is -3.86. The molecule has 5 nitrogen and oxygen atoms in total. The summed E-state index contributed by atoms with van der Waals surface area (Å²) in [6, 6.07) is 23.0. The van der Waals surface area contributed by atoms with Gasteiger partial charge in [-0.25, -0.2) is 4.98 Å². The summed E-state index contributed by atoms with van der Waals surface area (Å²) in [5.74, 6) is 0.596. The van der Waals surface area contributed by atoms with Gasteiger partial charge in [-0.15, -0.1) is 0 Å². The number of nitrogens with one attached hydrogen (secondary N) is 1. The Morgan fingerprint density at radius 2 is 1.81 bits per heavy atom. The number of likely N-dealkylation sites (tertiary alicyclic amines) is 1. The molecule has 2 aromatic heterocycles. The van der Waals surface area contributed by atoms with Gasteiger partial charge in [-0.1, -0.05) is 75.5 Å². The highest BCUT2D eigenvalue weighted by molar-refractivity contribution is 5.75. The lowest BCUT2D eigenvalue weighted by Gasteiger charge is -2.30. The van der Waals surface area contributed by atoms with Crippen LogP contribution in [0.3, 0.4) is 0 Å². The second kappa shape index (κ2) is 12.2. The molecule has 36 heavy (non-hydrogen) atoms. The van der Waals surface area contributed by atoms with Gasteiger partial charge in [-0.3, -0.25) is 4.98 Å². The summed E-state index contributed by atoms with van der Waals surface area (Å²) in [5.41, 5.74) is 6.94. The third-order valence-corrected chi connectivity index (χ3v) is 6.65. The van der Waals surface area contributed by atoms with Crippen LogP contribution >= 0.6 is 0 Å². The molecular weight excluding hydrogens is 442 g/mol. The van der Waals surface area contributed by atoms with Crippen molar-refractivity contribution < 1.29 is 0 Å². The fraction of sp³-hybridized carbons (Fsp3) is 0.290. The molecule has 0 saturated carbocycles. The van der Waals surface area contributed by atoms with E-state index in [-0.39, 0.29) is 0 Å². The van der Waals surface area contributed by atoms with Crippen LogP contribution in [0.5, 0.6) is 0 Å². The molecular formula is C31H37N5. The van der Waals surface area contributed by atoms with Crippen LogP contribution in [0.15, 0.2) is 110 Å². The predicted octanol–water partition coefficient (Wildman–Crippen LogP) is 6.52. The van der Waals surface area contributed by atoms with Gasteiger partial charge < -0.3 is 14.8 Å². The zero-order valence-corrected chi connectivity index (χ0v) is 21.5. The first-order valence-corrected chi connectivity index (χ1v) is 12.7. The fourth-order valence-electron chi connectivity index (χ4n) is 4.58. The fourth-order valence-corrected chi connectivity index (χ4v) is 4.58. The van der Waals surface area contributed by atoms with Crippen molar-refractivity contribution >= 4 is 11.0 Å². The Morgan fingerprint density at radius 1 is 1.03 bits per heavy atom. The Morgan fingerprint density at radius 3 is 2.53 bits per heavy atom. The smallest absolute Gasteiger partial charge is 0.0962 e. The van der Waals surface area contributed by atoms with Crippen LogP contribution in [0, 0.1) is 0 Å². The van der Waals surface area contributed by atoms with E-state index in [1.165, 1.54) is 17.5 Å². The first-order chi connectivity index (χ1) is 17.5. The largest absolute Gasteiger partial charge is 0.383 e. The Labute approximate surface area is 215 Å². The molecule has 0 bridgehead atoms. The van der Waals surface area contributed by atoms with E-state index in [9.17, 15) is 0 Å². The molecule has 0 amide bonds. The van der Waals surface area contributed by atoms with Gasteiger partial charge in [0.25, 0.3) is 0 Å². The number of hydrogen-bond donors (Lipinski definition) is 1. The van der Waals surface area contributed by atoms with Gasteiger partial charge in [0.15, 0.2) is 0 Å². The van der Waals surface area contributed by atoms with E-state index in [1.807, 2.05) is 36.8 Å². The zero-order valence-electron chi connectivity index (χ0n) is 21.5. The Balaban J connectivity index is 0.000000286. The van der Waals surface area contributed by atoms with Crippen LogP contribution in [0.25, 0.3) is 11.0 Å². The van der Waals surface area contributed by atoms with E-state index in [0.29, 0.717) is 12.0 Å². The predicted molar refractivity (Wildman–Crippen MR) is 149 cm³/mol. The lowest BCUT2D eigenvalue weighted by molar-refractivity contribution is 0.327. The van der Waals surface area contributed by atoms with Crippen molar-refractivity contribution in [3.8, 4) is 0 Å². The van der Waals surface area contributed by atoms with E-state index >= 15 is 0 Å². The van der Waals surface area contributed by atoms with Crippen LogP contribution in [0.2, 0.25) is 0 Å². The lowest BCUT2D eigenvalue weighted by atomic mass is 10.1. The van der Waals surface area contributed by atoms with Crippen LogP contribution in [-0.2, 0) is 13.1 Å². The number of allylic oxidation sites excluding steroid dienone is 1. The van der Waals surface area contributed by atoms with Crippen LogP contribution < -0.4 is 5.32 Å². The summed E-state index contributed by atoms with van der Waals surface area (Å²) < 4.78 is 2.17. The van der Waals surface area contributed by atoms with Crippen molar-refractivity contribution in [3.05, 3.63) is 121 Å². The minimum atomic E-state index is 0.302. The van der Waals surface area contributed by atoms with Crippen molar-refractivity contribution in [1.29, 1.82) is 0 Å². The van der Waals surface area contributed by atoms with E-state index < -0.39 is 0 Å². The maximum atomic E-state index is 4.49. The number of rotatable bonds is 8. The van der Waals surface area contributed by atoms with E-state index in [4.69, 9.17) is 0 Å². The summed E-state index contributed by atoms with van der Waals surface area (Å²) in [6.45, 7) is 15.6. The van der Waals surface area contributed by atoms with Crippen molar-refractivity contribution in [2.75, 3.05) is 6.54 Å². The van der Waals surface area contributed by atoms with Gasteiger partial charge in [0.2, 0.25) is 0 Å². The number of imidazole rings is 1. The third-order valence-electron chi connectivity index (χ3n) is 6.65. The summed E-state index contributed by atoms with van der Waals surface area (Å²) in [7, 11) is 0. The van der Waals surface area contributed by atoms with Gasteiger partial charge in [-0.05, 0) is 48.1 Å². The maximum Gasteiger partial charge on any atom is 0.0962 e. The summed E-state index contributed by atoms with van der Waals surface area (Å²) in [6.07, 6.45) is 7.89. The van der Waals surface area contributed by atoms with Crippen molar-refractivity contribution in [2.24, 2.45) is 0 Å². The van der Waals surface area contributed by atoms with E-state index in [0.717, 1.165) is 48.5 Å². The molecule has 1 unspecified atom stereocenters. The van der Waals surface area contributed by atoms with Gasteiger partial charge >= 0.3 is 0 Å². The summed E-state index contributed by atoms with van der Waals surface area (Å²) in [4.78, 5) is 10.9. The van der Waals surface area contributed by atoms with Crippen molar-refractivity contribution in [3.63, 3.8) is 0 Å². The molecule has 1 N–H and O–H groups in total. The Bertz CT molecular complexity index is 1260. The molecule has 186 valence electrons. The molecule has 1 aliphatic heterocycles. The van der Waals surface area contributed by atoms with Crippen molar-refractivity contribution in [1.82, 2.24) is 24.8 Å². The minimum Gasteiger partial charge on any atom is -0.383 e. The van der Waals surface area contributed by atoms with E-state index in [2.05, 4.69) is 94.2 Å². The minimum absolute atomic E-state index is 0.302.